The second-order valence-corrected chi connectivity index (χ2v) is 9.14. The fourth-order valence-electron chi connectivity index (χ4n) is 4.77. The molecule has 5 rings (SSSR count). The van der Waals surface area contributed by atoms with Crippen LogP contribution in [0.3, 0.4) is 0 Å². The zero-order valence-electron chi connectivity index (χ0n) is 18.7. The number of carbonyl (C=O) groups excluding carboxylic acids is 1. The summed E-state index contributed by atoms with van der Waals surface area (Å²) in [5.74, 6) is -0.742. The van der Waals surface area contributed by atoms with Gasteiger partial charge < -0.3 is 9.84 Å². The Kier molecular flexibility index (Phi) is 5.88. The lowest BCUT2D eigenvalue weighted by molar-refractivity contribution is -0.142. The van der Waals surface area contributed by atoms with Crippen LogP contribution in [0.5, 0.6) is 5.75 Å². The molecule has 5 nitrogen and oxygen atoms in total. The minimum absolute atomic E-state index is 0.150. The molecule has 0 saturated heterocycles. The van der Waals surface area contributed by atoms with Gasteiger partial charge in [0.2, 0.25) is 0 Å². The van der Waals surface area contributed by atoms with E-state index in [-0.39, 0.29) is 12.0 Å². The molecule has 172 valence electrons. The third-order valence-electron chi connectivity index (χ3n) is 6.56. The summed E-state index contributed by atoms with van der Waals surface area (Å²) in [6.45, 7) is 1.99. The van der Waals surface area contributed by atoms with Gasteiger partial charge in [0.25, 0.3) is 5.91 Å². The molecule has 4 aromatic rings. The molecular formula is C28H24ClNO4. The average molecular weight is 474 g/mol. The van der Waals surface area contributed by atoms with E-state index in [9.17, 15) is 14.7 Å². The molecule has 2 unspecified atom stereocenters. The van der Waals surface area contributed by atoms with E-state index >= 15 is 0 Å². The van der Waals surface area contributed by atoms with Crippen molar-refractivity contribution < 1.29 is 19.4 Å². The van der Waals surface area contributed by atoms with E-state index in [1.807, 2.05) is 55.5 Å². The van der Waals surface area contributed by atoms with Crippen LogP contribution >= 0.6 is 11.6 Å². The van der Waals surface area contributed by atoms with Crippen LogP contribution < -0.4 is 4.74 Å². The molecule has 0 bridgehead atoms. The van der Waals surface area contributed by atoms with E-state index in [2.05, 4.69) is 0 Å². The van der Waals surface area contributed by atoms with Crippen molar-refractivity contribution in [2.45, 2.75) is 32.3 Å². The highest BCUT2D eigenvalue weighted by Gasteiger charge is 2.31. The highest BCUT2D eigenvalue weighted by Crippen LogP contribution is 2.37. The number of halogens is 1. The number of rotatable bonds is 5. The lowest BCUT2D eigenvalue weighted by atomic mass is 9.86. The van der Waals surface area contributed by atoms with E-state index in [0.29, 0.717) is 35.6 Å². The second kappa shape index (κ2) is 8.99. The SMILES string of the molecule is CC(Oc1ccc2c(c1)c1c(n2C(=O)c2ccc(Cl)cc2)CCC(C(=O)O)C1)c1ccccc1. The molecule has 1 aliphatic rings. The highest BCUT2D eigenvalue weighted by atomic mass is 35.5. The lowest BCUT2D eigenvalue weighted by Gasteiger charge is -2.20. The van der Waals surface area contributed by atoms with Crippen LogP contribution in [0.1, 0.15) is 46.6 Å². The molecule has 34 heavy (non-hydrogen) atoms. The standard InChI is InChI=1S/C28H24ClNO4/c1-17(18-5-3-2-4-6-18)34-22-12-14-26-24(16-22)23-15-20(28(32)33)9-13-25(23)30(26)27(31)19-7-10-21(29)11-8-19/h2-8,10-12,14,16-17,20H,9,13,15H2,1H3,(H,32,33). The topological polar surface area (TPSA) is 68.5 Å². The largest absolute Gasteiger partial charge is 0.486 e. The first kappa shape index (κ1) is 22.2. The predicted octanol–water partition coefficient (Wildman–Crippen LogP) is 6.31. The molecule has 0 saturated carbocycles. The molecule has 0 amide bonds. The molecule has 1 heterocycles. The third-order valence-corrected chi connectivity index (χ3v) is 6.81. The Labute approximate surface area is 202 Å². The number of aliphatic carboxylic acids is 1. The second-order valence-electron chi connectivity index (χ2n) is 8.70. The Morgan fingerprint density at radius 3 is 2.50 bits per heavy atom. The first-order valence-corrected chi connectivity index (χ1v) is 11.7. The van der Waals surface area contributed by atoms with Crippen molar-refractivity contribution in [3.8, 4) is 5.75 Å². The summed E-state index contributed by atoms with van der Waals surface area (Å²) >= 11 is 6.01. The Morgan fingerprint density at radius 1 is 1.06 bits per heavy atom. The Hall–Kier alpha value is -3.57. The maximum absolute atomic E-state index is 13.5. The van der Waals surface area contributed by atoms with Gasteiger partial charge in [-0.2, -0.15) is 0 Å². The molecule has 1 N–H and O–H groups in total. The number of carbonyl (C=O) groups is 2. The summed E-state index contributed by atoms with van der Waals surface area (Å²) in [4.78, 5) is 25.3. The van der Waals surface area contributed by atoms with Gasteiger partial charge in [0.15, 0.2) is 0 Å². The zero-order valence-corrected chi connectivity index (χ0v) is 19.5. The van der Waals surface area contributed by atoms with Gasteiger partial charge in [-0.05, 0) is 79.8 Å². The quantitative estimate of drug-likeness (QED) is 0.368. The van der Waals surface area contributed by atoms with Gasteiger partial charge in [0.1, 0.15) is 11.9 Å². The van der Waals surface area contributed by atoms with Crippen LogP contribution in [0.25, 0.3) is 10.9 Å². The van der Waals surface area contributed by atoms with Gasteiger partial charge >= 0.3 is 5.97 Å². The number of hydrogen-bond donors (Lipinski definition) is 1. The van der Waals surface area contributed by atoms with Crippen molar-refractivity contribution >= 4 is 34.4 Å². The first-order valence-electron chi connectivity index (χ1n) is 11.3. The molecular weight excluding hydrogens is 450 g/mol. The Morgan fingerprint density at radius 2 is 1.79 bits per heavy atom. The molecule has 0 spiro atoms. The van der Waals surface area contributed by atoms with Crippen molar-refractivity contribution in [2.75, 3.05) is 0 Å². The normalized spacial score (nSPS) is 16.1. The van der Waals surface area contributed by atoms with Crippen LogP contribution in [0.15, 0.2) is 72.8 Å². The van der Waals surface area contributed by atoms with Gasteiger partial charge in [0.05, 0.1) is 11.4 Å². The summed E-state index contributed by atoms with van der Waals surface area (Å²) in [7, 11) is 0. The van der Waals surface area contributed by atoms with Gasteiger partial charge in [-0.25, -0.2) is 0 Å². The first-order chi connectivity index (χ1) is 16.4. The summed E-state index contributed by atoms with van der Waals surface area (Å²) < 4.78 is 7.95. The molecule has 0 aliphatic heterocycles. The smallest absolute Gasteiger partial charge is 0.306 e. The van der Waals surface area contributed by atoms with Crippen molar-refractivity contribution in [3.63, 3.8) is 0 Å². The summed E-state index contributed by atoms with van der Waals surface area (Å²) in [6, 6.07) is 22.5. The maximum atomic E-state index is 13.5. The Bertz CT molecular complexity index is 1380. The van der Waals surface area contributed by atoms with E-state index < -0.39 is 11.9 Å². The van der Waals surface area contributed by atoms with Gasteiger partial charge in [-0.1, -0.05) is 41.9 Å². The molecule has 1 aliphatic carbocycles. The summed E-state index contributed by atoms with van der Waals surface area (Å²) in [6.07, 6.45) is 1.26. The number of benzene rings is 3. The number of aromatic nitrogens is 1. The minimum atomic E-state index is -0.805. The van der Waals surface area contributed by atoms with Crippen LogP contribution in [0.2, 0.25) is 5.02 Å². The van der Waals surface area contributed by atoms with Crippen molar-refractivity contribution in [2.24, 2.45) is 5.92 Å². The van der Waals surface area contributed by atoms with Gasteiger partial charge in [-0.15, -0.1) is 0 Å². The average Bonchev–Trinajstić information content (AvgIpc) is 3.17. The molecule has 3 aromatic carbocycles. The zero-order chi connectivity index (χ0) is 23.8. The fourth-order valence-corrected chi connectivity index (χ4v) is 4.90. The molecule has 0 radical (unpaired) electrons. The van der Waals surface area contributed by atoms with Crippen molar-refractivity contribution in [3.05, 3.63) is 100 Å². The number of carboxylic acids is 1. The molecule has 2 atom stereocenters. The number of ether oxygens (including phenoxy) is 1. The highest BCUT2D eigenvalue weighted by molar-refractivity contribution is 6.30. The van der Waals surface area contributed by atoms with E-state index in [0.717, 1.165) is 27.7 Å². The number of hydrogen-bond acceptors (Lipinski definition) is 3. The predicted molar refractivity (Wildman–Crippen MR) is 132 cm³/mol. The van der Waals surface area contributed by atoms with Gasteiger partial charge in [-0.3, -0.25) is 14.2 Å². The van der Waals surface area contributed by atoms with Gasteiger partial charge in [0, 0.05) is 21.7 Å². The van der Waals surface area contributed by atoms with E-state index in [1.54, 1.807) is 28.8 Å². The minimum Gasteiger partial charge on any atom is -0.486 e. The van der Waals surface area contributed by atoms with E-state index in [1.165, 1.54) is 0 Å². The van der Waals surface area contributed by atoms with E-state index in [4.69, 9.17) is 16.3 Å². The molecule has 0 fully saturated rings. The van der Waals surface area contributed by atoms with Crippen LogP contribution in [0, 0.1) is 5.92 Å². The van der Waals surface area contributed by atoms with Crippen LogP contribution in [0.4, 0.5) is 0 Å². The monoisotopic (exact) mass is 473 g/mol. The van der Waals surface area contributed by atoms with Crippen molar-refractivity contribution in [1.82, 2.24) is 4.57 Å². The third kappa shape index (κ3) is 4.08. The fraction of sp³-hybridized carbons (Fsp3) is 0.214. The Balaban J connectivity index is 1.59. The van der Waals surface area contributed by atoms with Crippen LogP contribution in [-0.4, -0.2) is 21.6 Å². The van der Waals surface area contributed by atoms with Crippen LogP contribution in [-0.2, 0) is 17.6 Å². The molecule has 1 aromatic heterocycles. The number of nitrogens with zero attached hydrogens (tertiary/aromatic N) is 1. The molecule has 6 heteroatoms. The maximum Gasteiger partial charge on any atom is 0.306 e. The summed E-state index contributed by atoms with van der Waals surface area (Å²) in [5.41, 5.74) is 4.14. The summed E-state index contributed by atoms with van der Waals surface area (Å²) in [5, 5.41) is 11.1. The number of carboxylic acid groups (broad SMARTS) is 1. The number of fused-ring (bicyclic) bond motifs is 3. The van der Waals surface area contributed by atoms with Crippen molar-refractivity contribution in [1.29, 1.82) is 0 Å². The lowest BCUT2D eigenvalue weighted by Crippen LogP contribution is -2.24.